The van der Waals surface area contributed by atoms with Gasteiger partial charge in [0, 0.05) is 5.41 Å². The molecule has 0 aliphatic carbocycles. The number of anilines is 1. The number of benzene rings is 1. The molecule has 1 aromatic heterocycles. The van der Waals surface area contributed by atoms with Gasteiger partial charge in [0.15, 0.2) is 0 Å². The highest BCUT2D eigenvalue weighted by molar-refractivity contribution is 6.38. The second-order valence-corrected chi connectivity index (χ2v) is 8.02. The van der Waals surface area contributed by atoms with Gasteiger partial charge in [-0.15, -0.1) is 0 Å². The molecule has 7 nitrogen and oxygen atoms in total. The molecule has 0 spiro atoms. The minimum absolute atomic E-state index is 0.190. The quantitative estimate of drug-likeness (QED) is 0.318. The fourth-order valence-corrected chi connectivity index (χ4v) is 2.92. The Kier molecular flexibility index (Phi) is 6.27. The number of nitro groups is 1. The van der Waals surface area contributed by atoms with Crippen molar-refractivity contribution in [1.29, 1.82) is 0 Å². The molecule has 2 rings (SSSR count). The van der Waals surface area contributed by atoms with E-state index in [1.165, 1.54) is 20.8 Å². The Bertz CT molecular complexity index is 1030. The monoisotopic (exact) mass is 492 g/mol. The fraction of sp³-hybridized carbons (Fsp3) is 0.375. The maximum Gasteiger partial charge on any atom is 0.442 e. The minimum atomic E-state index is -5.35. The molecule has 2 aromatic rings. The van der Waals surface area contributed by atoms with Gasteiger partial charge in [-0.1, -0.05) is 44.0 Å². The second-order valence-electron chi connectivity index (χ2n) is 7.20. The summed E-state index contributed by atoms with van der Waals surface area (Å²) in [5.74, 6) is -2.01. The number of aromatic nitrogens is 2. The van der Waals surface area contributed by atoms with Crippen molar-refractivity contribution < 1.29 is 36.1 Å². The van der Waals surface area contributed by atoms with Gasteiger partial charge in [0.05, 0.1) is 20.5 Å². The van der Waals surface area contributed by atoms with Crippen LogP contribution in [0.15, 0.2) is 12.1 Å². The number of hydrogen-bond acceptors (Lipinski definition) is 4. The van der Waals surface area contributed by atoms with Gasteiger partial charge in [-0.05, 0) is 12.1 Å². The van der Waals surface area contributed by atoms with Crippen molar-refractivity contribution in [3.8, 4) is 5.69 Å². The first-order valence-corrected chi connectivity index (χ1v) is 8.84. The number of carbonyl (C=O) groups excluding carboxylic acids is 1. The molecule has 0 fully saturated rings. The summed E-state index contributed by atoms with van der Waals surface area (Å²) in [7, 11) is 0. The first-order valence-electron chi connectivity index (χ1n) is 8.08. The van der Waals surface area contributed by atoms with Crippen LogP contribution < -0.4 is 5.32 Å². The van der Waals surface area contributed by atoms with Crippen molar-refractivity contribution in [3.05, 3.63) is 43.5 Å². The first kappa shape index (κ1) is 24.7. The Morgan fingerprint density at radius 2 is 1.55 bits per heavy atom. The number of hydrogen-bond donors (Lipinski definition) is 1. The standard InChI is InChI=1S/C16H12Cl2F6N4O3/c1-14(2,3)13(29)25-12-10(28(30)31)11(16(22,23)24)26-27(12)9-7(17)4-6(5-8(9)18)15(19,20)21/h4-5H,1-3H3,(H,25,29). The van der Waals surface area contributed by atoms with E-state index in [2.05, 4.69) is 5.10 Å². The number of nitrogens with one attached hydrogen (secondary N) is 1. The van der Waals surface area contributed by atoms with Crippen LogP contribution in [0.5, 0.6) is 0 Å². The molecule has 0 saturated heterocycles. The highest BCUT2D eigenvalue weighted by Crippen LogP contribution is 2.44. The van der Waals surface area contributed by atoms with Crippen molar-refractivity contribution in [2.75, 3.05) is 5.32 Å². The maximum absolute atomic E-state index is 13.4. The Labute approximate surface area is 180 Å². The van der Waals surface area contributed by atoms with Crippen LogP contribution in [0.2, 0.25) is 10.0 Å². The fourth-order valence-electron chi connectivity index (χ4n) is 2.27. The number of nitrogens with zero attached hydrogens (tertiary/aromatic N) is 3. The molecule has 0 aliphatic heterocycles. The maximum atomic E-state index is 13.4. The molecule has 15 heteroatoms. The van der Waals surface area contributed by atoms with E-state index in [1.807, 2.05) is 5.32 Å². The largest absolute Gasteiger partial charge is 0.442 e. The average Bonchev–Trinajstić information content (AvgIpc) is 2.92. The van der Waals surface area contributed by atoms with E-state index < -0.39 is 67.1 Å². The molecule has 0 aliphatic rings. The van der Waals surface area contributed by atoms with Crippen molar-refractivity contribution >= 4 is 40.6 Å². The lowest BCUT2D eigenvalue weighted by Gasteiger charge is -2.19. The molecule has 1 amide bonds. The van der Waals surface area contributed by atoms with Crippen molar-refractivity contribution in [1.82, 2.24) is 9.78 Å². The van der Waals surface area contributed by atoms with Crippen LogP contribution in [0.25, 0.3) is 5.69 Å². The molecule has 0 radical (unpaired) electrons. The summed E-state index contributed by atoms with van der Waals surface area (Å²) in [6.45, 7) is 4.12. The molecule has 0 saturated carbocycles. The molecule has 31 heavy (non-hydrogen) atoms. The lowest BCUT2D eigenvalue weighted by atomic mass is 9.96. The number of carbonyl (C=O) groups is 1. The molecule has 0 unspecified atom stereocenters. The van der Waals surface area contributed by atoms with Crippen LogP contribution in [0.4, 0.5) is 37.8 Å². The smallest absolute Gasteiger partial charge is 0.304 e. The minimum Gasteiger partial charge on any atom is -0.304 e. The van der Waals surface area contributed by atoms with Crippen LogP contribution in [-0.4, -0.2) is 20.6 Å². The summed E-state index contributed by atoms with van der Waals surface area (Å²) in [6, 6.07) is 0.720. The van der Waals surface area contributed by atoms with Gasteiger partial charge in [-0.3, -0.25) is 14.9 Å². The average molecular weight is 493 g/mol. The zero-order chi connectivity index (χ0) is 24.1. The van der Waals surface area contributed by atoms with E-state index in [9.17, 15) is 41.3 Å². The molecule has 1 N–H and O–H groups in total. The number of halogens is 8. The van der Waals surface area contributed by atoms with Gasteiger partial charge in [0.25, 0.3) is 0 Å². The highest BCUT2D eigenvalue weighted by atomic mass is 35.5. The Morgan fingerprint density at radius 3 is 1.90 bits per heavy atom. The van der Waals surface area contributed by atoms with Crippen molar-refractivity contribution in [2.24, 2.45) is 5.41 Å². The third-order valence-electron chi connectivity index (χ3n) is 3.78. The van der Waals surface area contributed by atoms with Gasteiger partial charge >= 0.3 is 18.0 Å². The van der Waals surface area contributed by atoms with E-state index >= 15 is 0 Å². The van der Waals surface area contributed by atoms with Gasteiger partial charge in [-0.25, -0.2) is 4.68 Å². The molecular formula is C16H12Cl2F6N4O3. The first-order chi connectivity index (χ1) is 13.9. The van der Waals surface area contributed by atoms with Gasteiger partial charge in [0.2, 0.25) is 17.4 Å². The summed E-state index contributed by atoms with van der Waals surface area (Å²) in [4.78, 5) is 22.3. The SMILES string of the molecule is CC(C)(C)C(=O)Nc1c([N+](=O)[O-])c(C(F)(F)F)nn1-c1c(Cl)cc(C(F)(F)F)cc1Cl. The van der Waals surface area contributed by atoms with Gasteiger partial charge < -0.3 is 5.32 Å². The van der Waals surface area contributed by atoms with Crippen LogP contribution in [0.3, 0.4) is 0 Å². The predicted octanol–water partition coefficient (Wildman–Crippen LogP) is 6.11. The van der Waals surface area contributed by atoms with E-state index in [4.69, 9.17) is 23.2 Å². The van der Waals surface area contributed by atoms with Crippen molar-refractivity contribution in [3.63, 3.8) is 0 Å². The van der Waals surface area contributed by atoms with Crippen LogP contribution >= 0.6 is 23.2 Å². The van der Waals surface area contributed by atoms with Crippen LogP contribution in [0, 0.1) is 15.5 Å². The van der Waals surface area contributed by atoms with Crippen LogP contribution in [0.1, 0.15) is 32.0 Å². The molecule has 0 bridgehead atoms. The summed E-state index contributed by atoms with van der Waals surface area (Å²) in [5, 5.41) is 14.9. The third kappa shape index (κ3) is 5.03. The van der Waals surface area contributed by atoms with Gasteiger partial charge in [-0.2, -0.15) is 31.4 Å². The summed E-state index contributed by atoms with van der Waals surface area (Å²) in [5.41, 5.74) is -6.89. The topological polar surface area (TPSA) is 90.1 Å². The molecular weight excluding hydrogens is 481 g/mol. The third-order valence-corrected chi connectivity index (χ3v) is 4.36. The molecule has 1 aromatic carbocycles. The summed E-state index contributed by atoms with van der Waals surface area (Å²) in [6.07, 6.45) is -10.2. The molecule has 170 valence electrons. The lowest BCUT2D eigenvalue weighted by molar-refractivity contribution is -0.387. The van der Waals surface area contributed by atoms with E-state index in [0.29, 0.717) is 12.1 Å². The van der Waals surface area contributed by atoms with Gasteiger partial charge in [0.1, 0.15) is 5.69 Å². The Balaban J connectivity index is 2.90. The zero-order valence-electron chi connectivity index (χ0n) is 15.7. The van der Waals surface area contributed by atoms with E-state index in [-0.39, 0.29) is 4.68 Å². The Hall–Kier alpha value is -2.54. The van der Waals surface area contributed by atoms with E-state index in [0.717, 1.165) is 0 Å². The van der Waals surface area contributed by atoms with Crippen molar-refractivity contribution in [2.45, 2.75) is 33.1 Å². The predicted molar refractivity (Wildman–Crippen MR) is 98.3 cm³/mol. The number of alkyl halides is 6. The summed E-state index contributed by atoms with van der Waals surface area (Å²) >= 11 is 11.6. The number of rotatable bonds is 3. The lowest BCUT2D eigenvalue weighted by Crippen LogP contribution is -2.29. The molecule has 1 heterocycles. The summed E-state index contributed by atoms with van der Waals surface area (Å²) < 4.78 is 79.3. The molecule has 0 atom stereocenters. The highest BCUT2D eigenvalue weighted by Gasteiger charge is 2.47. The second kappa shape index (κ2) is 7.86. The van der Waals surface area contributed by atoms with Crippen LogP contribution in [-0.2, 0) is 17.1 Å². The number of amides is 1. The normalized spacial score (nSPS) is 12.7. The Morgan fingerprint density at radius 1 is 1.06 bits per heavy atom. The zero-order valence-corrected chi connectivity index (χ0v) is 17.3. The van der Waals surface area contributed by atoms with E-state index in [1.54, 1.807) is 0 Å².